The summed E-state index contributed by atoms with van der Waals surface area (Å²) in [6.07, 6.45) is 5.34. The number of carboxylic acid groups (broad SMARTS) is 1. The maximum absolute atomic E-state index is 11.6. The van der Waals surface area contributed by atoms with Gasteiger partial charge < -0.3 is 9.90 Å². The summed E-state index contributed by atoms with van der Waals surface area (Å²) < 4.78 is 11.6. The predicted octanol–water partition coefficient (Wildman–Crippen LogP) is -1.56. The number of carboxylic acids is 1. The molecule has 0 aliphatic rings. The van der Waals surface area contributed by atoms with Gasteiger partial charge in [-0.25, -0.2) is 0 Å². The second-order valence-corrected chi connectivity index (χ2v) is 2.93. The molecule has 0 saturated heterocycles. The van der Waals surface area contributed by atoms with E-state index in [9.17, 15) is 14.3 Å². The molecule has 0 saturated carbocycles. The predicted molar refractivity (Wildman–Crippen MR) is 43.3 cm³/mol. The molecule has 0 unspecified atom stereocenters. The number of carbonyl (C=O) groups excluding carboxylic acids is 1. The Morgan fingerprint density at radius 2 is 1.46 bits per heavy atom. The van der Waals surface area contributed by atoms with Crippen LogP contribution in [0.5, 0.6) is 0 Å². The second-order valence-electron chi connectivity index (χ2n) is 2.93. The van der Waals surface area contributed by atoms with Crippen LogP contribution in [0.25, 0.3) is 0 Å². The summed E-state index contributed by atoms with van der Waals surface area (Å²) in [7, 11) is 0. The van der Waals surface area contributed by atoms with E-state index in [-0.39, 0.29) is 42.7 Å². The molecule has 0 radical (unpaired) electrons. The monoisotopic (exact) mass is 198 g/mol. The van der Waals surface area contributed by atoms with E-state index in [1.54, 1.807) is 0 Å². The summed E-state index contributed by atoms with van der Waals surface area (Å²) in [5, 5.41) is 9.97. The van der Waals surface area contributed by atoms with Crippen molar-refractivity contribution in [3.05, 3.63) is 0 Å². The third-order valence-electron chi connectivity index (χ3n) is 1.76. The molecule has 2 nitrogen and oxygen atoms in total. The molecule has 0 aliphatic carbocycles. The van der Waals surface area contributed by atoms with Crippen molar-refractivity contribution in [1.29, 1.82) is 0 Å². The summed E-state index contributed by atoms with van der Waals surface area (Å²) in [5.74, 6) is -0.973. The maximum atomic E-state index is 11.6. The van der Waals surface area contributed by atoms with Gasteiger partial charge in [0.15, 0.2) is 0 Å². The Balaban J connectivity index is 0. The van der Waals surface area contributed by atoms with Crippen molar-refractivity contribution in [3.63, 3.8) is 0 Å². The fourth-order valence-electron chi connectivity index (χ4n) is 1.07. The minimum Gasteiger partial charge on any atom is -0.550 e. The number of rotatable bonds is 8. The second kappa shape index (κ2) is 12.4. The number of aliphatic carboxylic acids is 1. The van der Waals surface area contributed by atoms with Gasteiger partial charge in [0.1, 0.15) is 0 Å². The van der Waals surface area contributed by atoms with E-state index >= 15 is 0 Å². The fourth-order valence-corrected chi connectivity index (χ4v) is 1.07. The van der Waals surface area contributed by atoms with E-state index < -0.39 is 5.97 Å². The number of halogens is 1. The Kier molecular flexibility index (Phi) is 15.1. The third kappa shape index (κ3) is 15.2. The summed E-state index contributed by atoms with van der Waals surface area (Å²) in [4.78, 5) is 9.97. The van der Waals surface area contributed by atoms with E-state index in [1.165, 1.54) is 0 Å². The quantitative estimate of drug-likeness (QED) is 0.349. The van der Waals surface area contributed by atoms with Crippen LogP contribution >= 0.6 is 0 Å². The summed E-state index contributed by atoms with van der Waals surface area (Å²) in [5.41, 5.74) is 0. The molecule has 0 aliphatic heterocycles. The van der Waals surface area contributed by atoms with Crippen molar-refractivity contribution >= 4 is 5.97 Å². The van der Waals surface area contributed by atoms with Gasteiger partial charge in [0.05, 0.1) is 6.67 Å². The molecule has 0 aromatic rings. The number of unbranched alkanes of at least 4 members (excludes halogenated alkanes) is 5. The van der Waals surface area contributed by atoms with Crippen molar-refractivity contribution < 1.29 is 43.8 Å². The number of alkyl halides is 1. The topological polar surface area (TPSA) is 40.1 Å². The SMILES string of the molecule is O=C([O-])CCCCCCCCF.[Na+]. The Morgan fingerprint density at radius 3 is 1.92 bits per heavy atom. The van der Waals surface area contributed by atoms with Crippen molar-refractivity contribution in [2.75, 3.05) is 6.67 Å². The van der Waals surface area contributed by atoms with Gasteiger partial charge in [0.25, 0.3) is 0 Å². The van der Waals surface area contributed by atoms with Crippen LogP contribution in [-0.2, 0) is 4.79 Å². The average Bonchev–Trinajstić information content (AvgIpc) is 2.02. The van der Waals surface area contributed by atoms with Gasteiger partial charge in [-0.05, 0) is 19.3 Å². The fraction of sp³-hybridized carbons (Fsp3) is 0.889. The summed E-state index contributed by atoms with van der Waals surface area (Å²) in [6, 6.07) is 0. The van der Waals surface area contributed by atoms with Gasteiger partial charge in [0.2, 0.25) is 0 Å². The number of hydrogen-bond acceptors (Lipinski definition) is 2. The van der Waals surface area contributed by atoms with E-state index in [1.807, 2.05) is 0 Å². The normalized spacial score (nSPS) is 9.31. The first-order valence-corrected chi connectivity index (χ1v) is 4.53. The van der Waals surface area contributed by atoms with Crippen molar-refractivity contribution in [2.24, 2.45) is 0 Å². The van der Waals surface area contributed by atoms with Gasteiger partial charge in [0, 0.05) is 5.97 Å². The number of hydrogen-bond donors (Lipinski definition) is 0. The molecule has 13 heavy (non-hydrogen) atoms. The van der Waals surface area contributed by atoms with E-state index in [4.69, 9.17) is 0 Å². The minimum absolute atomic E-state index is 0. The average molecular weight is 198 g/mol. The van der Waals surface area contributed by atoms with Crippen LogP contribution in [0, 0.1) is 0 Å². The molecular weight excluding hydrogens is 182 g/mol. The molecule has 0 aromatic heterocycles. The van der Waals surface area contributed by atoms with Gasteiger partial charge in [-0.3, -0.25) is 4.39 Å². The standard InChI is InChI=1S/C9H17FO2.Na/c10-8-6-4-2-1-3-5-7-9(11)12;/h1-8H2,(H,11,12);/q;+1/p-1. The maximum Gasteiger partial charge on any atom is 1.00 e. The van der Waals surface area contributed by atoms with Crippen LogP contribution in [0.2, 0.25) is 0 Å². The minimum atomic E-state index is -0.973. The van der Waals surface area contributed by atoms with Gasteiger partial charge in [-0.15, -0.1) is 0 Å². The van der Waals surface area contributed by atoms with E-state index in [2.05, 4.69) is 0 Å². The van der Waals surface area contributed by atoms with Crippen LogP contribution in [0.15, 0.2) is 0 Å². The molecule has 0 spiro atoms. The first-order valence-electron chi connectivity index (χ1n) is 4.53. The van der Waals surface area contributed by atoms with Crippen molar-refractivity contribution in [1.82, 2.24) is 0 Å². The first kappa shape index (κ1) is 15.9. The van der Waals surface area contributed by atoms with Gasteiger partial charge in [-0.1, -0.05) is 25.7 Å². The molecular formula is C9H16FNaO2. The van der Waals surface area contributed by atoms with Gasteiger partial charge in [-0.2, -0.15) is 0 Å². The third-order valence-corrected chi connectivity index (χ3v) is 1.76. The molecule has 0 heterocycles. The zero-order valence-corrected chi connectivity index (χ0v) is 10.4. The summed E-state index contributed by atoms with van der Waals surface area (Å²) >= 11 is 0. The van der Waals surface area contributed by atoms with Crippen LogP contribution in [0.4, 0.5) is 4.39 Å². The largest absolute Gasteiger partial charge is 1.00 e. The van der Waals surface area contributed by atoms with Crippen LogP contribution in [0.3, 0.4) is 0 Å². The Hall–Kier alpha value is 0.400. The molecule has 0 N–H and O–H groups in total. The first-order chi connectivity index (χ1) is 5.77. The zero-order valence-electron chi connectivity index (χ0n) is 8.35. The Labute approximate surface area is 101 Å². The zero-order chi connectivity index (χ0) is 9.23. The smallest absolute Gasteiger partial charge is 0.550 e. The Bertz CT molecular complexity index is 120. The van der Waals surface area contributed by atoms with Crippen LogP contribution < -0.4 is 34.7 Å². The molecule has 0 aromatic carbocycles. The molecule has 0 bridgehead atoms. The molecule has 0 rings (SSSR count). The van der Waals surface area contributed by atoms with Crippen molar-refractivity contribution in [3.8, 4) is 0 Å². The van der Waals surface area contributed by atoms with Crippen LogP contribution in [0.1, 0.15) is 44.9 Å². The van der Waals surface area contributed by atoms with Crippen molar-refractivity contribution in [2.45, 2.75) is 44.9 Å². The van der Waals surface area contributed by atoms with Gasteiger partial charge >= 0.3 is 29.6 Å². The molecule has 72 valence electrons. The van der Waals surface area contributed by atoms with E-state index in [0.29, 0.717) is 12.8 Å². The van der Waals surface area contributed by atoms with E-state index in [0.717, 1.165) is 25.7 Å². The molecule has 0 amide bonds. The summed E-state index contributed by atoms with van der Waals surface area (Å²) in [6.45, 7) is -0.237. The molecule has 0 fully saturated rings. The molecule has 0 atom stereocenters. The Morgan fingerprint density at radius 1 is 1.00 bits per heavy atom. The molecule has 4 heteroatoms. The van der Waals surface area contributed by atoms with Crippen LogP contribution in [-0.4, -0.2) is 12.6 Å². The number of carbonyl (C=O) groups is 1.